The highest BCUT2D eigenvalue weighted by atomic mass is 31.2. The van der Waals surface area contributed by atoms with E-state index >= 15 is 0 Å². The summed E-state index contributed by atoms with van der Waals surface area (Å²) in [5, 5.41) is 12.4. The van der Waals surface area contributed by atoms with E-state index in [0.717, 1.165) is 36.0 Å². The van der Waals surface area contributed by atoms with Crippen LogP contribution in [0.3, 0.4) is 0 Å². The lowest BCUT2D eigenvalue weighted by Gasteiger charge is -2.39. The molecule has 1 N–H and O–H groups in total. The third-order valence-electron chi connectivity index (χ3n) is 14.5. The summed E-state index contributed by atoms with van der Waals surface area (Å²) < 4.78 is 42.8. The molecule has 1 saturated heterocycles. The van der Waals surface area contributed by atoms with Crippen molar-refractivity contribution in [3.05, 3.63) is 154 Å². The lowest BCUT2D eigenvalue weighted by atomic mass is 9.80. The Morgan fingerprint density at radius 1 is 0.782 bits per heavy atom. The van der Waals surface area contributed by atoms with Crippen LogP contribution in [0.15, 0.2) is 120 Å². The van der Waals surface area contributed by atoms with Crippen molar-refractivity contribution in [1.29, 1.82) is 5.26 Å². The number of methoxy groups -OCH3 is 2. The molecule has 5 aromatic rings. The minimum atomic E-state index is -1.82. The van der Waals surface area contributed by atoms with Crippen LogP contribution in [0.4, 0.5) is 5.82 Å². The van der Waals surface area contributed by atoms with Gasteiger partial charge >= 0.3 is 5.69 Å². The maximum absolute atomic E-state index is 14.5. The van der Waals surface area contributed by atoms with Gasteiger partial charge in [0, 0.05) is 43.1 Å². The van der Waals surface area contributed by atoms with Gasteiger partial charge in [0.2, 0.25) is 0 Å². The smallest absolute Gasteiger partial charge is 0.351 e. The van der Waals surface area contributed by atoms with Crippen molar-refractivity contribution in [3.8, 4) is 40.9 Å². The molecule has 1 aliphatic heterocycles. The molecule has 1 amide bonds. The molecule has 2 heterocycles. The number of rotatable bonds is 25. The van der Waals surface area contributed by atoms with Gasteiger partial charge in [-0.1, -0.05) is 126 Å². The summed E-state index contributed by atoms with van der Waals surface area (Å²) in [4.78, 5) is 32.6. The molecular formula is C63H80N5O8PSi. The van der Waals surface area contributed by atoms with E-state index in [9.17, 15) is 14.9 Å². The summed E-state index contributed by atoms with van der Waals surface area (Å²) in [6.45, 7) is 22.4. The van der Waals surface area contributed by atoms with Crippen LogP contribution in [0.25, 0.3) is 0 Å². The second kappa shape index (κ2) is 29.2. The number of ether oxygens (including phenoxy) is 4. The first kappa shape index (κ1) is 61.1. The Labute approximate surface area is 466 Å². The highest BCUT2D eigenvalue weighted by Gasteiger charge is 2.46. The molecule has 13 nitrogen and oxygen atoms in total. The van der Waals surface area contributed by atoms with E-state index in [1.165, 1.54) is 4.57 Å². The summed E-state index contributed by atoms with van der Waals surface area (Å²) in [5.41, 5.74) is 6.97. The number of unbranched alkanes of at least 4 members (excludes halogenated alkanes) is 3. The number of carbonyl (C=O) groups excluding carboxylic acids is 1. The van der Waals surface area contributed by atoms with Crippen molar-refractivity contribution in [2.24, 2.45) is 0 Å². The standard InChI is InChI=1S/C63H80N5O8PSi/c1-45(2)68(46(3)4)77(74-40-25-39-64)76-57-42-59(75-58(57)44-73-63(52-29-22-18-23-30-52,53-31-35-55(71-11)36-32-53)54-33-37-56(72-12)38-34-54)67-43-51(60(66-62(67)70)65-61(69)50-26-20-17-21-27-50)28-19-15-13-14-16-24-41-78(47(5)6,48(7)8)49(9)10/h17-18,20-23,26-27,29-38,43,45-49,57-59H,13-16,25,40,42,44H2,1-12H3,(H,65,66,69,70). The Kier molecular flexibility index (Phi) is 22.9. The highest BCUT2D eigenvalue weighted by Crippen LogP contribution is 2.51. The average Bonchev–Trinajstić information content (AvgIpc) is 3.90. The predicted octanol–water partition coefficient (Wildman–Crippen LogP) is 13.6. The largest absolute Gasteiger partial charge is 0.497 e. The topological polar surface area (TPSA) is 146 Å². The Bertz CT molecular complexity index is 2850. The summed E-state index contributed by atoms with van der Waals surface area (Å²) in [5.74, 6) is 11.2. The Hall–Kier alpha value is -6.11. The SMILES string of the molecule is COc1ccc(C(OCC2OC(n3cc(C#CCCCCC#C[Si](C(C)C)(C(C)C)C(C)C)c(NC(=O)c4ccccc4)nc3=O)CC2OP(OCCC#N)N(C(C)C)C(C)C)(c2ccccc2)c2ccc(OC)cc2)cc1. The number of hydrogen-bond acceptors (Lipinski definition) is 11. The zero-order chi connectivity index (χ0) is 56.4. The molecule has 1 aliphatic rings. The number of benzene rings is 4. The zero-order valence-electron chi connectivity index (χ0n) is 47.7. The Balaban J connectivity index is 1.40. The molecular weight excluding hydrogens is 1010 g/mol. The highest BCUT2D eigenvalue weighted by molar-refractivity contribution is 7.44. The van der Waals surface area contributed by atoms with Gasteiger partial charge in [0.15, 0.2) is 5.82 Å². The fourth-order valence-electron chi connectivity index (χ4n) is 10.7. The van der Waals surface area contributed by atoms with E-state index in [4.69, 9.17) is 28.0 Å². The van der Waals surface area contributed by atoms with E-state index in [-0.39, 0.29) is 44.0 Å². The predicted molar refractivity (Wildman–Crippen MR) is 314 cm³/mol. The van der Waals surface area contributed by atoms with E-state index < -0.39 is 52.2 Å². The van der Waals surface area contributed by atoms with Crippen molar-refractivity contribution < 1.29 is 32.8 Å². The number of nitrogens with zero attached hydrogens (tertiary/aromatic N) is 4. The fourth-order valence-corrected chi connectivity index (χ4v) is 17.7. The van der Waals surface area contributed by atoms with Gasteiger partial charge in [0.1, 0.15) is 37.5 Å². The lowest BCUT2D eigenvalue weighted by Crippen LogP contribution is -2.43. The molecule has 0 radical (unpaired) electrons. The molecule has 1 fully saturated rings. The first-order chi connectivity index (χ1) is 37.5. The van der Waals surface area contributed by atoms with Crippen molar-refractivity contribution in [2.45, 2.75) is 161 Å². The molecule has 6 rings (SSSR count). The van der Waals surface area contributed by atoms with E-state index in [1.807, 2.05) is 84.9 Å². The maximum Gasteiger partial charge on any atom is 0.351 e. The molecule has 414 valence electrons. The molecule has 0 spiro atoms. The maximum atomic E-state index is 14.5. The molecule has 0 bridgehead atoms. The molecule has 0 saturated carbocycles. The summed E-state index contributed by atoms with van der Waals surface area (Å²) in [7, 11) is -0.322. The van der Waals surface area contributed by atoms with E-state index in [1.54, 1.807) is 44.7 Å². The normalized spacial score (nSPS) is 16.0. The molecule has 1 aromatic heterocycles. The van der Waals surface area contributed by atoms with Gasteiger partial charge in [-0.05, 0) is 110 Å². The molecule has 78 heavy (non-hydrogen) atoms. The Morgan fingerprint density at radius 2 is 1.32 bits per heavy atom. The number of anilines is 1. The zero-order valence-corrected chi connectivity index (χ0v) is 49.6. The van der Waals surface area contributed by atoms with E-state index in [2.05, 4.69) is 114 Å². The van der Waals surface area contributed by atoms with Crippen molar-refractivity contribution in [2.75, 3.05) is 32.8 Å². The van der Waals surface area contributed by atoms with Crippen LogP contribution in [0, 0.1) is 34.6 Å². The van der Waals surface area contributed by atoms with Crippen LogP contribution in [0.1, 0.15) is 147 Å². The van der Waals surface area contributed by atoms with Gasteiger partial charge in [-0.15, -0.1) is 11.5 Å². The van der Waals surface area contributed by atoms with Gasteiger partial charge in [-0.3, -0.25) is 9.36 Å². The van der Waals surface area contributed by atoms with Gasteiger partial charge in [0.05, 0.1) is 51.6 Å². The van der Waals surface area contributed by atoms with Crippen molar-refractivity contribution in [3.63, 3.8) is 0 Å². The summed E-state index contributed by atoms with van der Waals surface area (Å²) >= 11 is 0. The molecule has 4 aromatic carbocycles. The molecule has 4 unspecified atom stereocenters. The first-order valence-electron chi connectivity index (χ1n) is 27.4. The summed E-state index contributed by atoms with van der Waals surface area (Å²) in [6.07, 6.45) is 2.71. The lowest BCUT2D eigenvalue weighted by molar-refractivity contribution is -0.0925. The second-order valence-electron chi connectivity index (χ2n) is 21.1. The van der Waals surface area contributed by atoms with Crippen LogP contribution in [0.2, 0.25) is 16.6 Å². The number of nitrogens with one attached hydrogen (secondary N) is 1. The quantitative estimate of drug-likeness (QED) is 0.0196. The molecule has 0 aliphatic carbocycles. The van der Waals surface area contributed by atoms with Crippen LogP contribution < -0.4 is 20.5 Å². The number of hydrogen-bond donors (Lipinski definition) is 1. The number of nitriles is 1. The number of amides is 1. The number of carbonyl (C=O) groups is 1. The van der Waals surface area contributed by atoms with Gasteiger partial charge in [-0.2, -0.15) is 10.2 Å². The minimum Gasteiger partial charge on any atom is -0.497 e. The second-order valence-corrected chi connectivity index (χ2v) is 28.1. The van der Waals surface area contributed by atoms with Crippen molar-refractivity contribution >= 4 is 28.3 Å². The van der Waals surface area contributed by atoms with Crippen LogP contribution in [0.5, 0.6) is 11.5 Å². The third kappa shape index (κ3) is 15.0. The van der Waals surface area contributed by atoms with Gasteiger partial charge in [-0.25, -0.2) is 9.46 Å². The van der Waals surface area contributed by atoms with Crippen molar-refractivity contribution in [1.82, 2.24) is 14.2 Å². The van der Waals surface area contributed by atoms with Gasteiger partial charge in [0.25, 0.3) is 14.4 Å². The third-order valence-corrected chi connectivity index (χ3v) is 23.0. The fraction of sp³-hybridized carbons (Fsp3) is 0.460. The molecule has 15 heteroatoms. The monoisotopic (exact) mass is 1090 g/mol. The average molecular weight is 1090 g/mol. The van der Waals surface area contributed by atoms with Crippen LogP contribution >= 0.6 is 8.53 Å². The van der Waals surface area contributed by atoms with Crippen LogP contribution in [-0.4, -0.2) is 79.9 Å². The van der Waals surface area contributed by atoms with Gasteiger partial charge < -0.3 is 33.3 Å². The minimum absolute atomic E-state index is 0.0150. The number of aromatic nitrogens is 2. The molecule has 4 atom stereocenters. The summed E-state index contributed by atoms with van der Waals surface area (Å²) in [6, 6.07) is 36.6. The first-order valence-corrected chi connectivity index (χ1v) is 30.7. The Morgan fingerprint density at radius 3 is 1.85 bits per heavy atom. The van der Waals surface area contributed by atoms with E-state index in [0.29, 0.717) is 45.7 Å². The van der Waals surface area contributed by atoms with Crippen LogP contribution in [-0.2, 0) is 24.1 Å².